The van der Waals surface area contributed by atoms with Crippen LogP contribution in [0.1, 0.15) is 39.3 Å². The topological polar surface area (TPSA) is 83.7 Å². The first-order chi connectivity index (χ1) is 16.1. The van der Waals surface area contributed by atoms with Crippen LogP contribution in [0.3, 0.4) is 0 Å². The number of carbonyl (C=O) groups excluding carboxylic acids is 1. The Kier molecular flexibility index (Phi) is 6.94. The van der Waals surface area contributed by atoms with Crippen molar-refractivity contribution in [3.8, 4) is 0 Å². The molecule has 1 aliphatic heterocycles. The molecular formula is C24H29Cl2N5O3. The molecule has 0 bridgehead atoms. The standard InChI is InChI=1S/C24H29Cl2N5O3/c1-15(19-7-5-16(25)11-20(19)26)31-22-12-17(6-8-21(22)27-28-31)29-9-10-30(18(13-29)14-32)23(33)34-24(2,3)4/h5-8,11-12,15,18,32H,9-10,13-14H2,1-4H3/t15?,18-/m0/s1. The van der Waals surface area contributed by atoms with Crippen LogP contribution in [0.5, 0.6) is 0 Å². The number of aromatic nitrogens is 3. The van der Waals surface area contributed by atoms with Gasteiger partial charge in [-0.1, -0.05) is 34.5 Å². The zero-order valence-electron chi connectivity index (χ0n) is 19.7. The Balaban J connectivity index is 1.58. The molecule has 0 saturated carbocycles. The molecule has 2 heterocycles. The van der Waals surface area contributed by atoms with Gasteiger partial charge < -0.3 is 14.7 Å². The number of carbonyl (C=O) groups is 1. The zero-order chi connectivity index (χ0) is 24.6. The maximum atomic E-state index is 12.6. The van der Waals surface area contributed by atoms with Crippen LogP contribution in [0.2, 0.25) is 10.0 Å². The number of amides is 1. The zero-order valence-corrected chi connectivity index (χ0v) is 21.2. The van der Waals surface area contributed by atoms with E-state index in [-0.39, 0.29) is 18.7 Å². The van der Waals surface area contributed by atoms with Gasteiger partial charge in [-0.3, -0.25) is 4.90 Å². The smallest absolute Gasteiger partial charge is 0.410 e. The number of ether oxygens (including phenoxy) is 1. The number of hydrogen-bond acceptors (Lipinski definition) is 6. The lowest BCUT2D eigenvalue weighted by Crippen LogP contribution is -2.57. The van der Waals surface area contributed by atoms with Gasteiger partial charge in [0.05, 0.1) is 24.2 Å². The molecule has 1 aliphatic rings. The van der Waals surface area contributed by atoms with Gasteiger partial charge in [-0.05, 0) is 63.6 Å². The third kappa shape index (κ3) is 5.09. The molecule has 1 N–H and O–H groups in total. The maximum Gasteiger partial charge on any atom is 0.410 e. The molecule has 0 aliphatic carbocycles. The molecule has 1 saturated heterocycles. The van der Waals surface area contributed by atoms with E-state index in [9.17, 15) is 9.90 Å². The van der Waals surface area contributed by atoms with Crippen molar-refractivity contribution in [1.82, 2.24) is 19.9 Å². The molecule has 0 spiro atoms. The van der Waals surface area contributed by atoms with Crippen LogP contribution in [0.15, 0.2) is 36.4 Å². The number of benzene rings is 2. The van der Waals surface area contributed by atoms with E-state index in [1.165, 1.54) is 0 Å². The summed E-state index contributed by atoms with van der Waals surface area (Å²) in [5.74, 6) is 0. The minimum Gasteiger partial charge on any atom is -0.444 e. The summed E-state index contributed by atoms with van der Waals surface area (Å²) in [4.78, 5) is 16.4. The van der Waals surface area contributed by atoms with Crippen molar-refractivity contribution >= 4 is 46.0 Å². The van der Waals surface area contributed by atoms with Crippen molar-refractivity contribution in [2.24, 2.45) is 0 Å². The summed E-state index contributed by atoms with van der Waals surface area (Å²) in [5, 5.41) is 19.8. The Labute approximate surface area is 209 Å². The lowest BCUT2D eigenvalue weighted by molar-refractivity contribution is 0.00704. The summed E-state index contributed by atoms with van der Waals surface area (Å²) in [6.07, 6.45) is -0.405. The van der Waals surface area contributed by atoms with Crippen molar-refractivity contribution in [3.63, 3.8) is 0 Å². The average Bonchev–Trinajstić information content (AvgIpc) is 3.20. The van der Waals surface area contributed by atoms with Crippen LogP contribution >= 0.6 is 23.2 Å². The first kappa shape index (κ1) is 24.6. The lowest BCUT2D eigenvalue weighted by Gasteiger charge is -2.42. The van der Waals surface area contributed by atoms with Gasteiger partial charge in [0.2, 0.25) is 0 Å². The van der Waals surface area contributed by atoms with E-state index in [2.05, 4.69) is 15.2 Å². The first-order valence-electron chi connectivity index (χ1n) is 11.2. The summed E-state index contributed by atoms with van der Waals surface area (Å²) in [6.45, 7) is 8.91. The van der Waals surface area contributed by atoms with E-state index in [4.69, 9.17) is 27.9 Å². The molecule has 34 heavy (non-hydrogen) atoms. The van der Waals surface area contributed by atoms with Gasteiger partial charge in [-0.2, -0.15) is 0 Å². The highest BCUT2D eigenvalue weighted by atomic mass is 35.5. The Morgan fingerprint density at radius 1 is 1.21 bits per heavy atom. The van der Waals surface area contributed by atoms with E-state index in [1.807, 2.05) is 62.7 Å². The van der Waals surface area contributed by atoms with Crippen molar-refractivity contribution in [2.45, 2.75) is 45.4 Å². The predicted octanol–water partition coefficient (Wildman–Crippen LogP) is 4.77. The number of hydrogen-bond donors (Lipinski definition) is 1. The van der Waals surface area contributed by atoms with Crippen molar-refractivity contribution in [1.29, 1.82) is 0 Å². The molecule has 2 atom stereocenters. The number of rotatable bonds is 4. The number of aliphatic hydroxyl groups is 1. The van der Waals surface area contributed by atoms with E-state index in [0.29, 0.717) is 29.7 Å². The van der Waals surface area contributed by atoms with Crippen LogP contribution in [-0.4, -0.2) is 69.0 Å². The predicted molar refractivity (Wildman–Crippen MR) is 134 cm³/mol. The fraction of sp³-hybridized carbons (Fsp3) is 0.458. The molecule has 3 aromatic rings. The number of fused-ring (bicyclic) bond motifs is 1. The second-order valence-corrected chi connectivity index (χ2v) is 10.3. The molecular weight excluding hydrogens is 477 g/mol. The number of halogens is 2. The Bertz CT molecular complexity index is 1190. The average molecular weight is 506 g/mol. The van der Waals surface area contributed by atoms with E-state index < -0.39 is 11.7 Å². The molecule has 2 aromatic carbocycles. The molecule has 0 radical (unpaired) electrons. The van der Waals surface area contributed by atoms with Crippen molar-refractivity contribution < 1.29 is 14.6 Å². The first-order valence-corrected chi connectivity index (χ1v) is 12.0. The fourth-order valence-corrected chi connectivity index (χ4v) is 4.75. The minimum atomic E-state index is -0.589. The third-order valence-electron chi connectivity index (χ3n) is 5.92. The van der Waals surface area contributed by atoms with Crippen molar-refractivity contribution in [3.05, 3.63) is 52.0 Å². The summed E-state index contributed by atoms with van der Waals surface area (Å²) in [5.41, 5.74) is 2.91. The third-order valence-corrected chi connectivity index (χ3v) is 6.48. The van der Waals surface area contributed by atoms with Crippen LogP contribution < -0.4 is 4.90 Å². The van der Waals surface area contributed by atoms with Crippen LogP contribution in [-0.2, 0) is 4.74 Å². The lowest BCUT2D eigenvalue weighted by atomic mass is 10.1. The van der Waals surface area contributed by atoms with Gasteiger partial charge in [0.15, 0.2) is 0 Å². The normalized spacial score (nSPS) is 17.8. The molecule has 182 valence electrons. The Morgan fingerprint density at radius 2 is 1.97 bits per heavy atom. The second-order valence-electron chi connectivity index (χ2n) is 9.50. The van der Waals surface area contributed by atoms with Crippen molar-refractivity contribution in [2.75, 3.05) is 31.1 Å². The number of anilines is 1. The van der Waals surface area contributed by atoms with Gasteiger partial charge in [-0.25, -0.2) is 9.48 Å². The van der Waals surface area contributed by atoms with Crippen LogP contribution in [0.25, 0.3) is 11.0 Å². The molecule has 10 heteroatoms. The highest BCUT2D eigenvalue weighted by Crippen LogP contribution is 2.31. The SMILES string of the molecule is CC(c1ccc(Cl)cc1Cl)n1nnc2ccc(N3CCN(C(=O)OC(C)(C)C)[C@H](CO)C3)cc21. The van der Waals surface area contributed by atoms with E-state index in [0.717, 1.165) is 22.3 Å². The highest BCUT2D eigenvalue weighted by Gasteiger charge is 2.33. The Morgan fingerprint density at radius 3 is 2.65 bits per heavy atom. The Hall–Kier alpha value is -2.55. The summed E-state index contributed by atoms with van der Waals surface area (Å²) < 4.78 is 7.36. The number of nitrogens with zero attached hydrogens (tertiary/aromatic N) is 5. The molecule has 1 aromatic heterocycles. The fourth-order valence-electron chi connectivity index (χ4n) is 4.19. The summed E-state index contributed by atoms with van der Waals surface area (Å²) in [7, 11) is 0. The monoisotopic (exact) mass is 505 g/mol. The van der Waals surface area contributed by atoms with Gasteiger partial charge in [0.25, 0.3) is 0 Å². The van der Waals surface area contributed by atoms with Gasteiger partial charge in [0, 0.05) is 35.4 Å². The molecule has 8 nitrogen and oxygen atoms in total. The van der Waals surface area contributed by atoms with Crippen LogP contribution in [0, 0.1) is 0 Å². The van der Waals surface area contributed by atoms with Gasteiger partial charge >= 0.3 is 6.09 Å². The second kappa shape index (κ2) is 9.60. The highest BCUT2D eigenvalue weighted by molar-refractivity contribution is 6.35. The summed E-state index contributed by atoms with van der Waals surface area (Å²) >= 11 is 12.5. The molecule has 4 rings (SSSR count). The quantitative estimate of drug-likeness (QED) is 0.549. The van der Waals surface area contributed by atoms with E-state index in [1.54, 1.807) is 11.0 Å². The van der Waals surface area contributed by atoms with Gasteiger partial charge in [0.1, 0.15) is 11.1 Å². The number of piperazine rings is 1. The largest absolute Gasteiger partial charge is 0.444 e. The van der Waals surface area contributed by atoms with E-state index >= 15 is 0 Å². The number of aliphatic hydroxyl groups excluding tert-OH is 1. The van der Waals surface area contributed by atoms with Crippen LogP contribution in [0.4, 0.5) is 10.5 Å². The minimum absolute atomic E-state index is 0.149. The maximum absolute atomic E-state index is 12.6. The summed E-state index contributed by atoms with van der Waals surface area (Å²) in [6, 6.07) is 10.9. The molecule has 1 unspecified atom stereocenters. The molecule has 1 fully saturated rings. The van der Waals surface area contributed by atoms with Gasteiger partial charge in [-0.15, -0.1) is 5.10 Å². The molecule has 1 amide bonds.